The van der Waals surface area contributed by atoms with Crippen LogP contribution in [-0.4, -0.2) is 30.9 Å². The van der Waals surface area contributed by atoms with Crippen molar-refractivity contribution in [1.29, 1.82) is 0 Å². The lowest BCUT2D eigenvalue weighted by Crippen LogP contribution is -2.31. The van der Waals surface area contributed by atoms with Gasteiger partial charge in [-0.1, -0.05) is 18.2 Å². The monoisotopic (exact) mass is 309 g/mol. The molecule has 3 nitrogen and oxygen atoms in total. The first-order chi connectivity index (χ1) is 10.2. The lowest BCUT2D eigenvalue weighted by atomic mass is 10.1. The number of rotatable bonds is 9. The molecule has 0 radical (unpaired) electrons. The standard InChI is InChI=1S/C16H20FNO2S/c17-14-5-3-13(4-6-14)7-8-18-10-15(19)11-20-12-16-2-1-9-21-16/h1-6,9,15,18-19H,7-8,10-12H2. The van der Waals surface area contributed by atoms with Gasteiger partial charge in [0.1, 0.15) is 5.82 Å². The molecule has 1 aromatic carbocycles. The highest BCUT2D eigenvalue weighted by Gasteiger charge is 2.04. The maximum Gasteiger partial charge on any atom is 0.123 e. The average Bonchev–Trinajstić information content (AvgIpc) is 2.99. The van der Waals surface area contributed by atoms with Crippen LogP contribution in [0.2, 0.25) is 0 Å². The third kappa shape index (κ3) is 6.35. The molecule has 0 spiro atoms. The van der Waals surface area contributed by atoms with Gasteiger partial charge in [0.2, 0.25) is 0 Å². The Morgan fingerprint density at radius 3 is 2.76 bits per heavy atom. The number of hydrogen-bond donors (Lipinski definition) is 2. The molecular formula is C16H20FNO2S. The van der Waals surface area contributed by atoms with E-state index in [0.717, 1.165) is 23.4 Å². The molecule has 2 rings (SSSR count). The van der Waals surface area contributed by atoms with Gasteiger partial charge in [-0.25, -0.2) is 4.39 Å². The van der Waals surface area contributed by atoms with Crippen LogP contribution in [0.4, 0.5) is 4.39 Å². The highest BCUT2D eigenvalue weighted by atomic mass is 32.1. The Balaban J connectivity index is 1.52. The van der Waals surface area contributed by atoms with Crippen molar-refractivity contribution in [1.82, 2.24) is 5.32 Å². The second kappa shape index (κ2) is 8.89. The number of ether oxygens (including phenoxy) is 1. The lowest BCUT2D eigenvalue weighted by Gasteiger charge is -2.12. The fourth-order valence-electron chi connectivity index (χ4n) is 1.90. The minimum absolute atomic E-state index is 0.218. The number of thiophene rings is 1. The highest BCUT2D eigenvalue weighted by Crippen LogP contribution is 2.09. The van der Waals surface area contributed by atoms with Gasteiger partial charge in [-0.3, -0.25) is 0 Å². The molecule has 0 bridgehead atoms. The van der Waals surface area contributed by atoms with Crippen molar-refractivity contribution < 1.29 is 14.2 Å². The molecule has 0 amide bonds. The van der Waals surface area contributed by atoms with Crippen LogP contribution in [-0.2, 0) is 17.8 Å². The first kappa shape index (κ1) is 16.1. The third-order valence-electron chi connectivity index (χ3n) is 3.02. The van der Waals surface area contributed by atoms with Gasteiger partial charge in [-0.15, -0.1) is 11.3 Å². The van der Waals surface area contributed by atoms with E-state index in [0.29, 0.717) is 19.8 Å². The molecule has 0 fully saturated rings. The van der Waals surface area contributed by atoms with E-state index in [4.69, 9.17) is 4.74 Å². The summed E-state index contributed by atoms with van der Waals surface area (Å²) in [6.07, 6.45) is 0.293. The maximum absolute atomic E-state index is 12.7. The zero-order chi connectivity index (χ0) is 14.9. The summed E-state index contributed by atoms with van der Waals surface area (Å²) in [4.78, 5) is 1.16. The molecule has 1 heterocycles. The molecule has 2 N–H and O–H groups in total. The summed E-state index contributed by atoms with van der Waals surface area (Å²) in [5, 5.41) is 15.0. The first-order valence-electron chi connectivity index (χ1n) is 6.97. The van der Waals surface area contributed by atoms with E-state index < -0.39 is 6.10 Å². The number of hydrogen-bond acceptors (Lipinski definition) is 4. The molecule has 114 valence electrons. The summed E-state index contributed by atoms with van der Waals surface area (Å²) in [6.45, 7) is 2.10. The molecule has 0 saturated carbocycles. The van der Waals surface area contributed by atoms with E-state index in [2.05, 4.69) is 5.32 Å². The van der Waals surface area contributed by atoms with Gasteiger partial charge in [0.25, 0.3) is 0 Å². The Labute approximate surface area is 128 Å². The predicted molar refractivity (Wildman–Crippen MR) is 83.0 cm³/mol. The summed E-state index contributed by atoms with van der Waals surface area (Å²) in [5.74, 6) is -0.218. The van der Waals surface area contributed by atoms with Crippen molar-refractivity contribution in [2.24, 2.45) is 0 Å². The van der Waals surface area contributed by atoms with Gasteiger partial charge in [-0.05, 0) is 42.1 Å². The zero-order valence-corrected chi connectivity index (χ0v) is 12.6. The minimum atomic E-state index is -0.516. The van der Waals surface area contributed by atoms with Crippen LogP contribution < -0.4 is 5.32 Å². The summed E-state index contributed by atoms with van der Waals surface area (Å²) in [6, 6.07) is 10.5. The summed E-state index contributed by atoms with van der Waals surface area (Å²) in [7, 11) is 0. The van der Waals surface area contributed by atoms with Crippen LogP contribution in [0.15, 0.2) is 41.8 Å². The van der Waals surface area contributed by atoms with Crippen molar-refractivity contribution in [3.8, 4) is 0 Å². The third-order valence-corrected chi connectivity index (χ3v) is 3.87. The molecule has 2 aromatic rings. The average molecular weight is 309 g/mol. The van der Waals surface area contributed by atoms with Crippen LogP contribution in [0.5, 0.6) is 0 Å². The molecule has 21 heavy (non-hydrogen) atoms. The largest absolute Gasteiger partial charge is 0.389 e. The van der Waals surface area contributed by atoms with E-state index in [1.807, 2.05) is 17.5 Å². The summed E-state index contributed by atoms with van der Waals surface area (Å²) >= 11 is 1.65. The maximum atomic E-state index is 12.7. The van der Waals surface area contributed by atoms with Gasteiger partial charge in [0.05, 0.1) is 19.3 Å². The Bertz CT molecular complexity index is 502. The Morgan fingerprint density at radius 1 is 1.24 bits per heavy atom. The number of aliphatic hydroxyl groups excluding tert-OH is 1. The second-order valence-corrected chi connectivity index (χ2v) is 5.86. The molecule has 0 aliphatic carbocycles. The first-order valence-corrected chi connectivity index (χ1v) is 7.85. The molecule has 0 saturated heterocycles. The SMILES string of the molecule is OC(CNCCc1ccc(F)cc1)COCc1cccs1. The van der Waals surface area contributed by atoms with E-state index in [9.17, 15) is 9.50 Å². The van der Waals surface area contributed by atoms with Gasteiger partial charge >= 0.3 is 0 Å². The van der Waals surface area contributed by atoms with Crippen molar-refractivity contribution in [2.75, 3.05) is 19.7 Å². The Morgan fingerprint density at radius 2 is 2.05 bits per heavy atom. The van der Waals surface area contributed by atoms with E-state index >= 15 is 0 Å². The van der Waals surface area contributed by atoms with Crippen molar-refractivity contribution in [3.05, 3.63) is 58.0 Å². The van der Waals surface area contributed by atoms with E-state index in [1.54, 1.807) is 23.5 Å². The number of aliphatic hydroxyl groups is 1. The van der Waals surface area contributed by atoms with Crippen LogP contribution in [0.1, 0.15) is 10.4 Å². The highest BCUT2D eigenvalue weighted by molar-refractivity contribution is 7.09. The molecular weight excluding hydrogens is 289 g/mol. The fraction of sp³-hybridized carbons (Fsp3) is 0.375. The van der Waals surface area contributed by atoms with E-state index in [1.165, 1.54) is 12.1 Å². The van der Waals surface area contributed by atoms with Crippen LogP contribution in [0.3, 0.4) is 0 Å². The molecule has 0 aliphatic rings. The van der Waals surface area contributed by atoms with Gasteiger partial charge < -0.3 is 15.2 Å². The smallest absolute Gasteiger partial charge is 0.123 e. The van der Waals surface area contributed by atoms with Crippen LogP contribution in [0.25, 0.3) is 0 Å². The van der Waals surface area contributed by atoms with Gasteiger partial charge in [0, 0.05) is 11.4 Å². The number of halogens is 1. The predicted octanol–water partition coefficient (Wildman–Crippen LogP) is 2.60. The van der Waals surface area contributed by atoms with Crippen LogP contribution >= 0.6 is 11.3 Å². The van der Waals surface area contributed by atoms with Gasteiger partial charge in [-0.2, -0.15) is 0 Å². The topological polar surface area (TPSA) is 41.5 Å². The zero-order valence-electron chi connectivity index (χ0n) is 11.8. The van der Waals surface area contributed by atoms with Crippen molar-refractivity contribution >= 4 is 11.3 Å². The fourth-order valence-corrected chi connectivity index (χ4v) is 2.54. The molecule has 1 atom stereocenters. The Hall–Kier alpha value is -1.27. The number of nitrogens with one attached hydrogen (secondary N) is 1. The molecule has 0 aliphatic heterocycles. The molecule has 5 heteroatoms. The second-order valence-electron chi connectivity index (χ2n) is 4.83. The van der Waals surface area contributed by atoms with E-state index in [-0.39, 0.29) is 5.82 Å². The minimum Gasteiger partial charge on any atom is -0.389 e. The molecule has 1 unspecified atom stereocenters. The normalized spacial score (nSPS) is 12.5. The van der Waals surface area contributed by atoms with Crippen molar-refractivity contribution in [3.63, 3.8) is 0 Å². The molecule has 1 aromatic heterocycles. The Kier molecular flexibility index (Phi) is 6.82. The number of benzene rings is 1. The summed E-state index contributed by atoms with van der Waals surface area (Å²) in [5.41, 5.74) is 1.08. The lowest BCUT2D eigenvalue weighted by molar-refractivity contribution is 0.0300. The quantitative estimate of drug-likeness (QED) is 0.700. The van der Waals surface area contributed by atoms with Crippen molar-refractivity contribution in [2.45, 2.75) is 19.1 Å². The van der Waals surface area contributed by atoms with Gasteiger partial charge in [0.15, 0.2) is 0 Å². The van der Waals surface area contributed by atoms with Crippen LogP contribution in [0, 0.1) is 5.82 Å². The summed E-state index contributed by atoms with van der Waals surface area (Å²) < 4.78 is 18.2.